The maximum Gasteiger partial charge on any atom is 0.325 e. The number of amides is 3. The summed E-state index contributed by atoms with van der Waals surface area (Å²) in [6, 6.07) is 5.36. The summed E-state index contributed by atoms with van der Waals surface area (Å²) in [7, 11) is 1.20. The fraction of sp³-hybridized carbons (Fsp3) is 0.286. The van der Waals surface area contributed by atoms with Crippen LogP contribution in [-0.4, -0.2) is 48.3 Å². The minimum Gasteiger partial charge on any atom is -0.468 e. The van der Waals surface area contributed by atoms with Gasteiger partial charge in [-0.25, -0.2) is 0 Å². The summed E-state index contributed by atoms with van der Waals surface area (Å²) in [5.41, 5.74) is 0.547. The van der Waals surface area contributed by atoms with Crippen LogP contribution in [-0.2, 0) is 14.3 Å². The van der Waals surface area contributed by atoms with Crippen LogP contribution < -0.4 is 5.32 Å². The van der Waals surface area contributed by atoms with E-state index in [1.807, 2.05) is 0 Å². The molecule has 1 aliphatic rings. The van der Waals surface area contributed by atoms with Crippen molar-refractivity contribution in [3.8, 4) is 0 Å². The first-order chi connectivity index (χ1) is 9.97. The van der Waals surface area contributed by atoms with E-state index in [1.165, 1.54) is 26.2 Å². The van der Waals surface area contributed by atoms with Crippen LogP contribution in [0.4, 0.5) is 0 Å². The molecule has 0 bridgehead atoms. The van der Waals surface area contributed by atoms with E-state index < -0.39 is 29.7 Å². The summed E-state index contributed by atoms with van der Waals surface area (Å²) in [6.07, 6.45) is 0. The van der Waals surface area contributed by atoms with Gasteiger partial charge in [0, 0.05) is 0 Å². The van der Waals surface area contributed by atoms with Crippen molar-refractivity contribution >= 4 is 23.7 Å². The van der Waals surface area contributed by atoms with Crippen LogP contribution in [0.15, 0.2) is 24.3 Å². The Morgan fingerprint density at radius 3 is 2.19 bits per heavy atom. The van der Waals surface area contributed by atoms with E-state index in [1.54, 1.807) is 12.1 Å². The normalized spacial score (nSPS) is 14.7. The van der Waals surface area contributed by atoms with E-state index in [9.17, 15) is 19.2 Å². The Labute approximate surface area is 120 Å². The van der Waals surface area contributed by atoms with Crippen LogP contribution in [0.3, 0.4) is 0 Å². The van der Waals surface area contributed by atoms with Crippen molar-refractivity contribution in [2.75, 3.05) is 13.7 Å². The van der Waals surface area contributed by atoms with Crippen molar-refractivity contribution in [2.24, 2.45) is 0 Å². The SMILES string of the molecule is COC(=O)CNC(=O)C(C)N1C(=O)c2ccccc2C1=O. The zero-order chi connectivity index (χ0) is 15.6. The van der Waals surface area contributed by atoms with Gasteiger partial charge in [-0.2, -0.15) is 0 Å². The van der Waals surface area contributed by atoms with Gasteiger partial charge in [-0.3, -0.25) is 24.1 Å². The number of hydrogen-bond donors (Lipinski definition) is 1. The highest BCUT2D eigenvalue weighted by Crippen LogP contribution is 2.24. The smallest absolute Gasteiger partial charge is 0.325 e. The Hall–Kier alpha value is -2.70. The first kappa shape index (κ1) is 14.7. The monoisotopic (exact) mass is 290 g/mol. The summed E-state index contributed by atoms with van der Waals surface area (Å²) in [4.78, 5) is 48.2. The Morgan fingerprint density at radius 1 is 1.19 bits per heavy atom. The van der Waals surface area contributed by atoms with E-state index >= 15 is 0 Å². The Bertz CT molecular complexity index is 591. The molecule has 2 rings (SSSR count). The molecule has 0 aliphatic carbocycles. The van der Waals surface area contributed by atoms with E-state index in [4.69, 9.17) is 0 Å². The predicted molar refractivity (Wildman–Crippen MR) is 71.4 cm³/mol. The van der Waals surface area contributed by atoms with Gasteiger partial charge < -0.3 is 10.1 Å². The quantitative estimate of drug-likeness (QED) is 0.620. The number of nitrogens with zero attached hydrogens (tertiary/aromatic N) is 1. The molecule has 0 radical (unpaired) electrons. The number of imide groups is 1. The maximum atomic E-state index is 12.2. The minimum absolute atomic E-state index is 0.273. The van der Waals surface area contributed by atoms with Gasteiger partial charge in [0.2, 0.25) is 5.91 Å². The minimum atomic E-state index is -1.01. The molecule has 0 spiro atoms. The van der Waals surface area contributed by atoms with E-state index in [-0.39, 0.29) is 17.7 Å². The van der Waals surface area contributed by atoms with Crippen molar-refractivity contribution in [3.63, 3.8) is 0 Å². The van der Waals surface area contributed by atoms with Crippen LogP contribution in [0.25, 0.3) is 0 Å². The van der Waals surface area contributed by atoms with E-state index in [0.717, 1.165) is 4.90 Å². The van der Waals surface area contributed by atoms with Gasteiger partial charge in [0.05, 0.1) is 18.2 Å². The molecule has 1 N–H and O–H groups in total. The van der Waals surface area contributed by atoms with Gasteiger partial charge >= 0.3 is 5.97 Å². The summed E-state index contributed by atoms with van der Waals surface area (Å²) in [5, 5.41) is 2.32. The zero-order valence-electron chi connectivity index (χ0n) is 11.6. The number of fused-ring (bicyclic) bond motifs is 1. The second kappa shape index (κ2) is 5.74. The van der Waals surface area contributed by atoms with Crippen molar-refractivity contribution in [3.05, 3.63) is 35.4 Å². The third-order valence-corrected chi connectivity index (χ3v) is 3.23. The topological polar surface area (TPSA) is 92.8 Å². The van der Waals surface area contributed by atoms with Gasteiger partial charge in [-0.15, -0.1) is 0 Å². The molecule has 0 aromatic heterocycles. The van der Waals surface area contributed by atoms with Gasteiger partial charge in [-0.05, 0) is 19.1 Å². The second-order valence-electron chi connectivity index (χ2n) is 4.50. The molecule has 1 aromatic rings. The lowest BCUT2D eigenvalue weighted by Gasteiger charge is -2.21. The van der Waals surface area contributed by atoms with E-state index in [0.29, 0.717) is 0 Å². The third-order valence-electron chi connectivity index (χ3n) is 3.23. The van der Waals surface area contributed by atoms with Gasteiger partial charge in [-0.1, -0.05) is 12.1 Å². The van der Waals surface area contributed by atoms with Crippen molar-refractivity contribution in [2.45, 2.75) is 13.0 Å². The highest BCUT2D eigenvalue weighted by molar-refractivity contribution is 6.22. The molecule has 1 aromatic carbocycles. The van der Waals surface area contributed by atoms with E-state index in [2.05, 4.69) is 10.1 Å². The molecule has 21 heavy (non-hydrogen) atoms. The summed E-state index contributed by atoms with van der Waals surface area (Å²) < 4.78 is 4.40. The largest absolute Gasteiger partial charge is 0.468 e. The lowest BCUT2D eigenvalue weighted by Crippen LogP contribution is -2.48. The van der Waals surface area contributed by atoms with Crippen LogP contribution in [0.2, 0.25) is 0 Å². The van der Waals surface area contributed by atoms with Crippen LogP contribution in [0.5, 0.6) is 0 Å². The molecule has 110 valence electrons. The molecule has 0 saturated heterocycles. The summed E-state index contributed by atoms with van der Waals surface area (Å²) >= 11 is 0. The highest BCUT2D eigenvalue weighted by atomic mass is 16.5. The summed E-state index contributed by atoms with van der Waals surface area (Å²) in [6.45, 7) is 1.11. The van der Waals surface area contributed by atoms with Crippen LogP contribution in [0, 0.1) is 0 Å². The highest BCUT2D eigenvalue weighted by Gasteiger charge is 2.40. The lowest BCUT2D eigenvalue weighted by atomic mass is 10.1. The molecule has 1 aliphatic heterocycles. The number of rotatable bonds is 4. The number of ether oxygens (including phenoxy) is 1. The predicted octanol–water partition coefficient (Wildman–Crippen LogP) is -0.0397. The lowest BCUT2D eigenvalue weighted by molar-refractivity contribution is -0.141. The Kier molecular flexibility index (Phi) is 4.02. The zero-order valence-corrected chi connectivity index (χ0v) is 11.6. The van der Waals surface area contributed by atoms with Gasteiger partial charge in [0.1, 0.15) is 12.6 Å². The number of carbonyl (C=O) groups excluding carboxylic acids is 4. The Morgan fingerprint density at radius 2 is 1.71 bits per heavy atom. The molecule has 1 heterocycles. The molecule has 0 fully saturated rings. The molecule has 1 atom stereocenters. The number of benzene rings is 1. The molecule has 1 unspecified atom stereocenters. The van der Waals surface area contributed by atoms with Gasteiger partial charge in [0.15, 0.2) is 0 Å². The first-order valence-corrected chi connectivity index (χ1v) is 6.28. The fourth-order valence-corrected chi connectivity index (χ4v) is 2.06. The molecule has 7 nitrogen and oxygen atoms in total. The fourth-order valence-electron chi connectivity index (χ4n) is 2.06. The number of hydrogen-bond acceptors (Lipinski definition) is 5. The molecule has 7 heteroatoms. The average molecular weight is 290 g/mol. The molecule has 0 saturated carbocycles. The van der Waals surface area contributed by atoms with Gasteiger partial charge in [0.25, 0.3) is 11.8 Å². The number of esters is 1. The van der Waals surface area contributed by atoms with Crippen molar-refractivity contribution < 1.29 is 23.9 Å². The average Bonchev–Trinajstić information content (AvgIpc) is 2.76. The maximum absolute atomic E-state index is 12.2. The number of carbonyl (C=O) groups is 4. The number of methoxy groups -OCH3 is 1. The first-order valence-electron chi connectivity index (χ1n) is 6.28. The van der Waals surface area contributed by atoms with Crippen molar-refractivity contribution in [1.82, 2.24) is 10.2 Å². The standard InChI is InChI=1S/C14H14N2O5/c1-8(12(18)15-7-11(17)21-2)16-13(19)9-5-3-4-6-10(9)14(16)20/h3-6,8H,7H2,1-2H3,(H,15,18). The van der Waals surface area contributed by atoms with Crippen LogP contribution in [0.1, 0.15) is 27.6 Å². The van der Waals surface area contributed by atoms with Crippen molar-refractivity contribution in [1.29, 1.82) is 0 Å². The second-order valence-corrected chi connectivity index (χ2v) is 4.50. The molecular formula is C14H14N2O5. The van der Waals surface area contributed by atoms with Crippen LogP contribution >= 0.6 is 0 Å². The number of nitrogens with one attached hydrogen (secondary N) is 1. The molecule has 3 amide bonds. The Balaban J connectivity index is 2.12. The molecular weight excluding hydrogens is 276 g/mol. The third kappa shape index (κ3) is 2.62. The summed E-state index contributed by atoms with van der Waals surface area (Å²) in [5.74, 6) is -2.25.